The third-order valence-electron chi connectivity index (χ3n) is 1.83. The third kappa shape index (κ3) is 4.35. The molecule has 0 radical (unpaired) electrons. The molecule has 1 atom stereocenters. The molecule has 0 aromatic heterocycles. The van der Waals surface area contributed by atoms with Crippen LogP contribution in [0.2, 0.25) is 0 Å². The highest BCUT2D eigenvalue weighted by Crippen LogP contribution is 2.31. The summed E-state index contributed by atoms with van der Waals surface area (Å²) in [6.45, 7) is 0. The molecular formula is C9H9ClF3NO3S. The molecule has 102 valence electrons. The van der Waals surface area contributed by atoms with E-state index in [4.69, 9.17) is 5.14 Å². The molecular weight excluding hydrogens is 295 g/mol. The maximum atomic E-state index is 12.9. The van der Waals surface area contributed by atoms with E-state index in [-0.39, 0.29) is 5.56 Å². The van der Waals surface area contributed by atoms with Crippen molar-refractivity contribution in [3.05, 3.63) is 29.8 Å². The van der Waals surface area contributed by atoms with Crippen molar-refractivity contribution in [2.24, 2.45) is 5.14 Å². The summed E-state index contributed by atoms with van der Waals surface area (Å²) in [4.78, 5) is 0. The minimum atomic E-state index is -4.27. The summed E-state index contributed by atoms with van der Waals surface area (Å²) >= 11 is 4.62. The molecule has 4 nitrogen and oxygen atoms in total. The van der Waals surface area contributed by atoms with Gasteiger partial charge in [-0.1, -0.05) is 29.8 Å². The van der Waals surface area contributed by atoms with E-state index < -0.39 is 33.3 Å². The molecule has 9 heteroatoms. The van der Waals surface area contributed by atoms with Gasteiger partial charge in [-0.3, -0.25) is 0 Å². The van der Waals surface area contributed by atoms with Crippen LogP contribution < -0.4 is 9.88 Å². The molecule has 1 unspecified atom stereocenters. The summed E-state index contributed by atoms with van der Waals surface area (Å²) in [5.74, 6) is -1.21. The van der Waals surface area contributed by atoms with Crippen LogP contribution in [0.1, 0.15) is 5.56 Å². The lowest BCUT2D eigenvalue weighted by Gasteiger charge is -2.19. The SMILES string of the molecule is NS(=O)(=O)Cc1ccccc1OC(F)(F)C(F)Cl. The van der Waals surface area contributed by atoms with E-state index in [2.05, 4.69) is 16.3 Å². The van der Waals surface area contributed by atoms with E-state index >= 15 is 0 Å². The Balaban J connectivity index is 3.03. The van der Waals surface area contributed by atoms with Gasteiger partial charge in [0.15, 0.2) is 0 Å². The molecule has 2 N–H and O–H groups in total. The second kappa shape index (κ2) is 5.33. The van der Waals surface area contributed by atoms with Crippen molar-refractivity contribution in [2.45, 2.75) is 17.5 Å². The van der Waals surface area contributed by atoms with Crippen molar-refractivity contribution in [1.29, 1.82) is 0 Å². The number of primary sulfonamides is 1. The number of hydrogen-bond donors (Lipinski definition) is 1. The standard InChI is InChI=1S/C9H9ClF3NO3S/c10-8(11)9(12,13)17-7-4-2-1-3-6(7)5-18(14,15)16/h1-4,8H,5H2,(H2,14,15,16). The topological polar surface area (TPSA) is 69.4 Å². The van der Waals surface area contributed by atoms with E-state index in [0.29, 0.717) is 0 Å². The average molecular weight is 304 g/mol. The quantitative estimate of drug-likeness (QED) is 0.846. The first-order chi connectivity index (χ1) is 8.12. The number of ether oxygens (including phenoxy) is 1. The Morgan fingerprint density at radius 1 is 1.39 bits per heavy atom. The summed E-state index contributed by atoms with van der Waals surface area (Å²) in [7, 11) is -3.93. The van der Waals surface area contributed by atoms with Crippen molar-refractivity contribution in [3.63, 3.8) is 0 Å². The largest absolute Gasteiger partial charge is 0.444 e. The van der Waals surface area contributed by atoms with Gasteiger partial charge in [-0.25, -0.2) is 17.9 Å². The zero-order valence-electron chi connectivity index (χ0n) is 8.82. The normalized spacial score (nSPS) is 14.3. The van der Waals surface area contributed by atoms with Crippen molar-refractivity contribution in [1.82, 2.24) is 0 Å². The van der Waals surface area contributed by atoms with Crippen LogP contribution in [0.3, 0.4) is 0 Å². The fourth-order valence-corrected chi connectivity index (χ4v) is 1.85. The maximum Gasteiger partial charge on any atom is 0.444 e. The van der Waals surface area contributed by atoms with Crippen LogP contribution in [0.4, 0.5) is 13.2 Å². The van der Waals surface area contributed by atoms with E-state index in [9.17, 15) is 21.6 Å². The number of para-hydroxylation sites is 1. The van der Waals surface area contributed by atoms with Crippen LogP contribution in [-0.4, -0.2) is 20.2 Å². The Labute approximate surface area is 107 Å². The molecule has 1 aromatic rings. The highest BCUT2D eigenvalue weighted by molar-refractivity contribution is 7.88. The van der Waals surface area contributed by atoms with Gasteiger partial charge >= 0.3 is 6.11 Å². The lowest BCUT2D eigenvalue weighted by molar-refractivity contribution is -0.199. The first kappa shape index (κ1) is 15.1. The summed E-state index contributed by atoms with van der Waals surface area (Å²) < 4.78 is 64.1. The maximum absolute atomic E-state index is 12.9. The molecule has 0 spiro atoms. The Bertz CT molecular complexity index is 522. The van der Waals surface area contributed by atoms with Crippen LogP contribution >= 0.6 is 11.6 Å². The van der Waals surface area contributed by atoms with E-state index in [1.807, 2.05) is 0 Å². The van der Waals surface area contributed by atoms with E-state index in [1.165, 1.54) is 18.2 Å². The van der Waals surface area contributed by atoms with Gasteiger partial charge in [0, 0.05) is 5.56 Å². The Hall–Kier alpha value is -0.990. The smallest absolute Gasteiger partial charge is 0.429 e. The van der Waals surface area contributed by atoms with Crippen LogP contribution in [0.15, 0.2) is 24.3 Å². The fraction of sp³-hybridized carbons (Fsp3) is 0.333. The molecule has 0 aliphatic rings. The molecule has 0 amide bonds. The fourth-order valence-electron chi connectivity index (χ4n) is 1.13. The van der Waals surface area contributed by atoms with Crippen LogP contribution in [-0.2, 0) is 15.8 Å². The molecule has 1 rings (SSSR count). The second-order valence-electron chi connectivity index (χ2n) is 3.38. The number of hydrogen-bond acceptors (Lipinski definition) is 3. The predicted octanol–water partition coefficient (Wildman–Crippen LogP) is 1.98. The zero-order chi connectivity index (χ0) is 14.0. The van der Waals surface area contributed by atoms with Gasteiger partial charge in [0.2, 0.25) is 10.0 Å². The average Bonchev–Trinajstić information content (AvgIpc) is 2.18. The zero-order valence-corrected chi connectivity index (χ0v) is 10.4. The lowest BCUT2D eigenvalue weighted by Crippen LogP contribution is -2.33. The third-order valence-corrected chi connectivity index (χ3v) is 2.80. The highest BCUT2D eigenvalue weighted by Gasteiger charge is 2.42. The first-order valence-electron chi connectivity index (χ1n) is 4.55. The summed E-state index contributed by atoms with van der Waals surface area (Å²) in [5, 5.41) is 4.79. The van der Waals surface area contributed by atoms with Crippen LogP contribution in [0, 0.1) is 0 Å². The van der Waals surface area contributed by atoms with Crippen molar-refractivity contribution >= 4 is 21.6 Å². The molecule has 0 saturated heterocycles. The Morgan fingerprint density at radius 2 is 1.94 bits per heavy atom. The van der Waals surface area contributed by atoms with Gasteiger partial charge in [0.25, 0.3) is 5.63 Å². The predicted molar refractivity (Wildman–Crippen MR) is 59.6 cm³/mol. The van der Waals surface area contributed by atoms with Crippen LogP contribution in [0.25, 0.3) is 0 Å². The Morgan fingerprint density at radius 3 is 2.44 bits per heavy atom. The van der Waals surface area contributed by atoms with Gasteiger partial charge in [0.1, 0.15) is 5.75 Å². The highest BCUT2D eigenvalue weighted by atomic mass is 35.5. The van der Waals surface area contributed by atoms with Crippen molar-refractivity contribution < 1.29 is 26.3 Å². The summed E-state index contributed by atoms with van der Waals surface area (Å²) in [6.07, 6.45) is -4.27. The molecule has 0 aliphatic heterocycles. The van der Waals surface area contributed by atoms with Crippen LogP contribution in [0.5, 0.6) is 5.75 Å². The molecule has 0 fully saturated rings. The lowest BCUT2D eigenvalue weighted by atomic mass is 10.2. The van der Waals surface area contributed by atoms with Gasteiger partial charge in [-0.2, -0.15) is 8.78 Å². The van der Waals surface area contributed by atoms with E-state index in [0.717, 1.165) is 6.07 Å². The number of benzene rings is 1. The first-order valence-corrected chi connectivity index (χ1v) is 6.70. The number of halogens is 4. The summed E-state index contributed by atoms with van der Waals surface area (Å²) in [5.41, 5.74) is -3.17. The number of sulfonamides is 1. The van der Waals surface area contributed by atoms with Gasteiger partial charge < -0.3 is 4.74 Å². The van der Waals surface area contributed by atoms with Gasteiger partial charge in [-0.05, 0) is 6.07 Å². The number of alkyl halides is 4. The minimum absolute atomic E-state index is 0.114. The molecule has 0 saturated carbocycles. The van der Waals surface area contributed by atoms with Gasteiger partial charge in [0.05, 0.1) is 5.75 Å². The molecule has 0 aliphatic carbocycles. The van der Waals surface area contributed by atoms with Gasteiger partial charge in [-0.15, -0.1) is 0 Å². The monoisotopic (exact) mass is 303 g/mol. The second-order valence-corrected chi connectivity index (χ2v) is 5.38. The molecule has 1 aromatic carbocycles. The molecule has 0 heterocycles. The van der Waals surface area contributed by atoms with Crippen molar-refractivity contribution in [3.8, 4) is 5.75 Å². The number of nitrogens with two attached hydrogens (primary N) is 1. The number of rotatable bonds is 5. The Kier molecular flexibility index (Phi) is 4.46. The van der Waals surface area contributed by atoms with E-state index in [1.54, 1.807) is 0 Å². The summed E-state index contributed by atoms with van der Waals surface area (Å²) in [6, 6.07) is 5.00. The minimum Gasteiger partial charge on any atom is -0.429 e. The van der Waals surface area contributed by atoms with Crippen molar-refractivity contribution in [2.75, 3.05) is 0 Å². The molecule has 18 heavy (non-hydrogen) atoms. The molecule has 0 bridgehead atoms.